The summed E-state index contributed by atoms with van der Waals surface area (Å²) in [6, 6.07) is 13.0. The summed E-state index contributed by atoms with van der Waals surface area (Å²) >= 11 is 0. The topological polar surface area (TPSA) is 52.6 Å². The van der Waals surface area contributed by atoms with Crippen molar-refractivity contribution in [3.8, 4) is 5.75 Å². The molecule has 0 aromatic heterocycles. The number of esters is 1. The van der Waals surface area contributed by atoms with Crippen LogP contribution in [0.3, 0.4) is 0 Å². The summed E-state index contributed by atoms with van der Waals surface area (Å²) in [5, 5.41) is 0. The van der Waals surface area contributed by atoms with E-state index in [2.05, 4.69) is 13.0 Å². The molecule has 4 heteroatoms. The average molecular weight is 326 g/mol. The van der Waals surface area contributed by atoms with Crippen LogP contribution in [0.5, 0.6) is 5.75 Å². The molecule has 0 saturated heterocycles. The molecule has 0 saturated carbocycles. The Balaban J connectivity index is 2.23. The minimum atomic E-state index is -0.512. The van der Waals surface area contributed by atoms with Crippen LogP contribution < -0.4 is 4.74 Å². The third kappa shape index (κ3) is 4.22. The second-order valence-corrected chi connectivity index (χ2v) is 5.39. The Morgan fingerprint density at radius 1 is 0.958 bits per heavy atom. The van der Waals surface area contributed by atoms with Gasteiger partial charge in [-0.1, -0.05) is 31.2 Å². The minimum absolute atomic E-state index is 0.180. The summed E-state index contributed by atoms with van der Waals surface area (Å²) in [5.41, 5.74) is 2.91. The molecule has 2 aromatic carbocycles. The lowest BCUT2D eigenvalue weighted by Gasteiger charge is -2.12. The maximum atomic E-state index is 12.1. The van der Waals surface area contributed by atoms with Gasteiger partial charge in [0.05, 0.1) is 12.2 Å². The number of carbonyl (C=O) groups excluding carboxylic acids is 2. The van der Waals surface area contributed by atoms with E-state index in [1.807, 2.05) is 18.2 Å². The third-order valence-electron chi connectivity index (χ3n) is 3.76. The highest BCUT2D eigenvalue weighted by molar-refractivity contribution is 6.05. The lowest BCUT2D eigenvalue weighted by atomic mass is 10.0. The minimum Gasteiger partial charge on any atom is -0.489 e. The van der Waals surface area contributed by atoms with Crippen LogP contribution in [0.2, 0.25) is 0 Å². The Morgan fingerprint density at radius 3 is 2.29 bits per heavy atom. The fraction of sp³-hybridized carbons (Fsp3) is 0.300. The number of ketones is 1. The highest BCUT2D eigenvalue weighted by Gasteiger charge is 2.17. The van der Waals surface area contributed by atoms with Crippen LogP contribution in [0.15, 0.2) is 42.5 Å². The first kappa shape index (κ1) is 17.7. The summed E-state index contributed by atoms with van der Waals surface area (Å²) in [4.78, 5) is 23.8. The molecule has 0 amide bonds. The van der Waals surface area contributed by atoms with Gasteiger partial charge in [-0.15, -0.1) is 0 Å². The van der Waals surface area contributed by atoms with E-state index in [4.69, 9.17) is 9.47 Å². The van der Waals surface area contributed by atoms with E-state index >= 15 is 0 Å². The first-order chi connectivity index (χ1) is 11.6. The highest BCUT2D eigenvalue weighted by atomic mass is 16.5. The molecule has 0 bridgehead atoms. The van der Waals surface area contributed by atoms with Crippen LogP contribution in [-0.2, 0) is 17.8 Å². The van der Waals surface area contributed by atoms with Crippen LogP contribution in [-0.4, -0.2) is 18.4 Å². The standard InChI is InChI=1S/C20H22O4/c1-4-15-8-6-7-9-16(15)13-24-17-10-11-18(14(3)21)19(12-17)20(22)23-5-2/h6-12H,4-5,13H2,1-3H3. The summed E-state index contributed by atoms with van der Waals surface area (Å²) in [5.74, 6) is -0.156. The smallest absolute Gasteiger partial charge is 0.338 e. The van der Waals surface area contributed by atoms with Gasteiger partial charge in [0.2, 0.25) is 0 Å². The fourth-order valence-electron chi connectivity index (χ4n) is 2.50. The van der Waals surface area contributed by atoms with Crippen LogP contribution in [0.1, 0.15) is 52.6 Å². The molecule has 2 rings (SSSR count). The molecule has 0 aliphatic heterocycles. The van der Waals surface area contributed by atoms with Gasteiger partial charge < -0.3 is 9.47 Å². The maximum absolute atomic E-state index is 12.1. The predicted molar refractivity (Wildman–Crippen MR) is 92.6 cm³/mol. The van der Waals surface area contributed by atoms with Crippen molar-refractivity contribution in [2.24, 2.45) is 0 Å². The second kappa shape index (κ2) is 8.29. The number of hydrogen-bond acceptors (Lipinski definition) is 4. The SMILES string of the molecule is CCOC(=O)c1cc(OCc2ccccc2CC)ccc1C(C)=O. The van der Waals surface area contributed by atoms with Crippen molar-refractivity contribution in [3.05, 3.63) is 64.7 Å². The molecule has 0 unspecified atom stereocenters. The molecule has 0 radical (unpaired) electrons. The van der Waals surface area contributed by atoms with Crippen molar-refractivity contribution in [1.29, 1.82) is 0 Å². The van der Waals surface area contributed by atoms with Gasteiger partial charge in [-0.3, -0.25) is 4.79 Å². The molecule has 0 heterocycles. The zero-order chi connectivity index (χ0) is 17.5. The van der Waals surface area contributed by atoms with Crippen molar-refractivity contribution in [3.63, 3.8) is 0 Å². The van der Waals surface area contributed by atoms with Crippen molar-refractivity contribution >= 4 is 11.8 Å². The quantitative estimate of drug-likeness (QED) is 0.565. The molecule has 4 nitrogen and oxygen atoms in total. The number of ether oxygens (including phenoxy) is 2. The lowest BCUT2D eigenvalue weighted by Crippen LogP contribution is -2.11. The Labute approximate surface area is 142 Å². The van der Waals surface area contributed by atoms with Gasteiger partial charge >= 0.3 is 5.97 Å². The van der Waals surface area contributed by atoms with E-state index in [0.29, 0.717) is 17.9 Å². The number of carbonyl (C=O) groups is 2. The monoisotopic (exact) mass is 326 g/mol. The van der Waals surface area contributed by atoms with Gasteiger partial charge in [0.25, 0.3) is 0 Å². The molecule has 0 aliphatic carbocycles. The van der Waals surface area contributed by atoms with Gasteiger partial charge in [-0.05, 0) is 49.6 Å². The van der Waals surface area contributed by atoms with E-state index < -0.39 is 5.97 Å². The molecule has 126 valence electrons. The average Bonchev–Trinajstić information content (AvgIpc) is 2.60. The summed E-state index contributed by atoms with van der Waals surface area (Å²) in [6.07, 6.45) is 0.927. The summed E-state index contributed by atoms with van der Waals surface area (Å²) in [7, 11) is 0. The third-order valence-corrected chi connectivity index (χ3v) is 3.76. The highest BCUT2D eigenvalue weighted by Crippen LogP contribution is 2.21. The fourth-order valence-corrected chi connectivity index (χ4v) is 2.50. The van der Waals surface area contributed by atoms with E-state index in [0.717, 1.165) is 12.0 Å². The Hall–Kier alpha value is -2.62. The maximum Gasteiger partial charge on any atom is 0.338 e. The number of aryl methyl sites for hydroxylation is 1. The Kier molecular flexibility index (Phi) is 6.13. The number of Topliss-reactive ketones (excluding diaryl/α,β-unsaturated/α-hetero) is 1. The molecule has 0 atom stereocenters. The van der Waals surface area contributed by atoms with Gasteiger partial charge in [0.15, 0.2) is 5.78 Å². The molecule has 0 spiro atoms. The summed E-state index contributed by atoms with van der Waals surface area (Å²) in [6.45, 7) is 5.92. The van der Waals surface area contributed by atoms with Crippen LogP contribution in [0, 0.1) is 0 Å². The van der Waals surface area contributed by atoms with E-state index in [9.17, 15) is 9.59 Å². The summed E-state index contributed by atoms with van der Waals surface area (Å²) < 4.78 is 10.8. The van der Waals surface area contributed by atoms with Gasteiger partial charge in [-0.25, -0.2) is 4.79 Å². The molecular weight excluding hydrogens is 304 g/mol. The molecule has 0 fully saturated rings. The van der Waals surface area contributed by atoms with E-state index in [1.54, 1.807) is 25.1 Å². The van der Waals surface area contributed by atoms with Crippen LogP contribution >= 0.6 is 0 Å². The molecule has 24 heavy (non-hydrogen) atoms. The van der Waals surface area contributed by atoms with Crippen molar-refractivity contribution in [2.75, 3.05) is 6.61 Å². The van der Waals surface area contributed by atoms with Gasteiger partial charge in [0.1, 0.15) is 12.4 Å². The Bertz CT molecular complexity index is 734. The normalized spacial score (nSPS) is 10.3. The van der Waals surface area contributed by atoms with Crippen LogP contribution in [0.4, 0.5) is 0 Å². The molecule has 2 aromatic rings. The zero-order valence-electron chi connectivity index (χ0n) is 14.3. The molecule has 0 aliphatic rings. The lowest BCUT2D eigenvalue weighted by molar-refractivity contribution is 0.0522. The largest absolute Gasteiger partial charge is 0.489 e. The first-order valence-corrected chi connectivity index (χ1v) is 8.08. The zero-order valence-corrected chi connectivity index (χ0v) is 14.3. The van der Waals surface area contributed by atoms with E-state index in [1.165, 1.54) is 12.5 Å². The van der Waals surface area contributed by atoms with Crippen LogP contribution in [0.25, 0.3) is 0 Å². The Morgan fingerprint density at radius 2 is 1.67 bits per heavy atom. The number of hydrogen-bond donors (Lipinski definition) is 0. The molecule has 0 N–H and O–H groups in total. The van der Waals surface area contributed by atoms with E-state index in [-0.39, 0.29) is 18.0 Å². The number of rotatable bonds is 7. The van der Waals surface area contributed by atoms with Gasteiger partial charge in [-0.2, -0.15) is 0 Å². The van der Waals surface area contributed by atoms with Crippen molar-refractivity contribution in [2.45, 2.75) is 33.8 Å². The van der Waals surface area contributed by atoms with Gasteiger partial charge in [0, 0.05) is 5.56 Å². The second-order valence-electron chi connectivity index (χ2n) is 5.39. The predicted octanol–water partition coefficient (Wildman–Crippen LogP) is 4.21. The molecular formula is C20H22O4. The van der Waals surface area contributed by atoms with Crippen molar-refractivity contribution in [1.82, 2.24) is 0 Å². The van der Waals surface area contributed by atoms with Crippen molar-refractivity contribution < 1.29 is 19.1 Å². The first-order valence-electron chi connectivity index (χ1n) is 8.08. The number of benzene rings is 2.